The van der Waals surface area contributed by atoms with E-state index in [4.69, 9.17) is 0 Å². The van der Waals surface area contributed by atoms with Crippen LogP contribution in [0.3, 0.4) is 0 Å². The van der Waals surface area contributed by atoms with E-state index in [1.165, 1.54) is 6.07 Å². The lowest BCUT2D eigenvalue weighted by Crippen LogP contribution is -2.30. The Morgan fingerprint density at radius 2 is 2.33 bits per heavy atom. The highest BCUT2D eigenvalue weighted by atomic mass is 32.1. The summed E-state index contributed by atoms with van der Waals surface area (Å²) in [6.07, 6.45) is 0. The number of amides is 1. The third-order valence-corrected chi connectivity index (χ3v) is 1.73. The zero-order valence-electron chi connectivity index (χ0n) is 6.83. The number of nitrogens with zero attached hydrogens (tertiary/aromatic N) is 1. The van der Waals surface area contributed by atoms with Crippen LogP contribution in [0.4, 0.5) is 0 Å². The summed E-state index contributed by atoms with van der Waals surface area (Å²) >= 11 is 0.793. The number of hydrogen-bond acceptors (Lipinski definition) is 3. The molecule has 1 aromatic rings. The second-order valence-corrected chi connectivity index (χ2v) is 3.43. The molecule has 4 nitrogen and oxygen atoms in total. The average molecular weight is 185 g/mol. The molecule has 5 heteroatoms. The van der Waals surface area contributed by atoms with E-state index in [2.05, 4.69) is 9.69 Å². The van der Waals surface area contributed by atoms with Crippen LogP contribution in [0.1, 0.15) is 24.3 Å². The SMILES string of the molecule is CC(C)NC(=O)c1cc([O])sn1. The quantitative estimate of drug-likeness (QED) is 0.757. The Bertz CT molecular complexity index is 283. The number of rotatable bonds is 2. The van der Waals surface area contributed by atoms with Crippen LogP contribution in [0.2, 0.25) is 0 Å². The minimum absolute atomic E-state index is 0.0642. The molecule has 0 aromatic carbocycles. The number of hydrogen-bond donors (Lipinski definition) is 1. The van der Waals surface area contributed by atoms with Crippen molar-refractivity contribution in [1.82, 2.24) is 9.69 Å². The van der Waals surface area contributed by atoms with Crippen molar-refractivity contribution in [3.05, 3.63) is 11.8 Å². The van der Waals surface area contributed by atoms with Crippen LogP contribution in [0.25, 0.3) is 0 Å². The zero-order valence-corrected chi connectivity index (χ0v) is 7.64. The summed E-state index contributed by atoms with van der Waals surface area (Å²) in [6.45, 7) is 3.70. The van der Waals surface area contributed by atoms with Crippen LogP contribution in [0.15, 0.2) is 6.07 Å². The normalized spacial score (nSPS) is 10.2. The van der Waals surface area contributed by atoms with Crippen molar-refractivity contribution < 1.29 is 9.90 Å². The van der Waals surface area contributed by atoms with E-state index in [-0.39, 0.29) is 22.7 Å². The fourth-order valence-electron chi connectivity index (χ4n) is 0.702. The molecule has 0 aliphatic rings. The highest BCUT2D eigenvalue weighted by molar-refractivity contribution is 7.07. The van der Waals surface area contributed by atoms with Crippen molar-refractivity contribution in [2.45, 2.75) is 19.9 Å². The minimum atomic E-state index is -0.289. The van der Waals surface area contributed by atoms with E-state index in [1.54, 1.807) is 0 Å². The lowest BCUT2D eigenvalue weighted by atomic mass is 10.3. The Morgan fingerprint density at radius 3 is 2.75 bits per heavy atom. The molecule has 1 amide bonds. The van der Waals surface area contributed by atoms with E-state index in [0.717, 1.165) is 11.5 Å². The lowest BCUT2D eigenvalue weighted by Gasteiger charge is -2.04. The maximum Gasteiger partial charge on any atom is 0.271 e. The van der Waals surface area contributed by atoms with Crippen molar-refractivity contribution in [3.8, 4) is 5.06 Å². The van der Waals surface area contributed by atoms with E-state index < -0.39 is 0 Å². The summed E-state index contributed by atoms with van der Waals surface area (Å²) in [6, 6.07) is 1.30. The second-order valence-electron chi connectivity index (χ2n) is 2.66. The molecule has 0 fully saturated rings. The van der Waals surface area contributed by atoms with Gasteiger partial charge in [0.15, 0.2) is 0 Å². The monoisotopic (exact) mass is 185 g/mol. The largest absolute Gasteiger partial charge is 0.348 e. The Hall–Kier alpha value is -1.10. The Balaban J connectivity index is 2.65. The van der Waals surface area contributed by atoms with Gasteiger partial charge in [-0.2, -0.15) is 4.37 Å². The number of carbonyl (C=O) groups excluding carboxylic acids is 1. The summed E-state index contributed by atoms with van der Waals surface area (Å²) in [7, 11) is 0. The molecule has 0 atom stereocenters. The standard InChI is InChI=1S/C7H9N2O2S/c1-4(2)8-7(11)5-3-6(10)12-9-5/h3-4H,1-2H3,(H,8,11). The zero-order chi connectivity index (χ0) is 9.14. The van der Waals surface area contributed by atoms with Crippen molar-refractivity contribution in [2.75, 3.05) is 0 Å². The molecule has 1 aromatic heterocycles. The van der Waals surface area contributed by atoms with Gasteiger partial charge in [0, 0.05) is 23.6 Å². The van der Waals surface area contributed by atoms with Crippen molar-refractivity contribution >= 4 is 17.4 Å². The van der Waals surface area contributed by atoms with Gasteiger partial charge in [-0.1, -0.05) is 0 Å². The van der Waals surface area contributed by atoms with Crippen LogP contribution in [-0.4, -0.2) is 16.3 Å². The Kier molecular flexibility index (Phi) is 2.65. The van der Waals surface area contributed by atoms with Crippen molar-refractivity contribution in [2.24, 2.45) is 0 Å². The van der Waals surface area contributed by atoms with Gasteiger partial charge in [-0.25, -0.2) is 0 Å². The fourth-order valence-corrected chi connectivity index (χ4v) is 1.19. The lowest BCUT2D eigenvalue weighted by molar-refractivity contribution is 0.0939. The van der Waals surface area contributed by atoms with Gasteiger partial charge in [0.05, 0.1) is 0 Å². The molecule has 0 aliphatic carbocycles. The first-order valence-corrected chi connectivity index (χ1v) is 4.31. The van der Waals surface area contributed by atoms with E-state index in [1.807, 2.05) is 13.8 Å². The Labute approximate surface area is 74.4 Å². The van der Waals surface area contributed by atoms with Crippen LogP contribution in [-0.2, 0) is 5.11 Å². The molecule has 0 unspecified atom stereocenters. The summed E-state index contributed by atoms with van der Waals surface area (Å²) in [5, 5.41) is 13.1. The second kappa shape index (κ2) is 3.53. The third-order valence-electron chi connectivity index (χ3n) is 1.14. The molecule has 0 aliphatic heterocycles. The summed E-state index contributed by atoms with van der Waals surface area (Å²) in [4.78, 5) is 11.2. The van der Waals surface area contributed by atoms with Gasteiger partial charge in [0.2, 0.25) is 0 Å². The van der Waals surface area contributed by atoms with Gasteiger partial charge >= 0.3 is 0 Å². The molecular weight excluding hydrogens is 176 g/mol. The first-order chi connectivity index (χ1) is 5.59. The molecule has 1 radical (unpaired) electrons. The average Bonchev–Trinajstić information content (AvgIpc) is 2.34. The first-order valence-electron chi connectivity index (χ1n) is 3.54. The van der Waals surface area contributed by atoms with Crippen LogP contribution < -0.4 is 5.32 Å². The molecule has 1 N–H and O–H groups in total. The van der Waals surface area contributed by atoms with E-state index in [9.17, 15) is 9.90 Å². The predicted molar refractivity (Wildman–Crippen MR) is 44.8 cm³/mol. The molecule has 0 saturated carbocycles. The van der Waals surface area contributed by atoms with Gasteiger partial charge < -0.3 is 5.32 Å². The Morgan fingerprint density at radius 1 is 1.67 bits per heavy atom. The van der Waals surface area contributed by atoms with Crippen LogP contribution >= 0.6 is 11.5 Å². The minimum Gasteiger partial charge on any atom is -0.348 e. The molecule has 12 heavy (non-hydrogen) atoms. The van der Waals surface area contributed by atoms with Gasteiger partial charge in [0.1, 0.15) is 5.69 Å². The molecule has 0 spiro atoms. The van der Waals surface area contributed by atoms with Gasteiger partial charge in [-0.3, -0.25) is 9.90 Å². The van der Waals surface area contributed by atoms with Gasteiger partial charge in [-0.05, 0) is 13.8 Å². The predicted octanol–water partition coefficient (Wildman–Crippen LogP) is 1.43. The summed E-state index contributed by atoms with van der Waals surface area (Å²) < 4.78 is 3.69. The highest BCUT2D eigenvalue weighted by Gasteiger charge is 2.11. The first kappa shape index (κ1) is 8.99. The molecule has 65 valence electrons. The maximum absolute atomic E-state index is 11.2. The molecule has 0 saturated heterocycles. The van der Waals surface area contributed by atoms with Crippen LogP contribution in [0, 0.1) is 0 Å². The smallest absolute Gasteiger partial charge is 0.271 e. The highest BCUT2D eigenvalue weighted by Crippen LogP contribution is 2.17. The number of aromatic nitrogens is 1. The topological polar surface area (TPSA) is 61.9 Å². The van der Waals surface area contributed by atoms with E-state index >= 15 is 0 Å². The van der Waals surface area contributed by atoms with Crippen molar-refractivity contribution in [1.29, 1.82) is 0 Å². The molecule has 0 bridgehead atoms. The summed E-state index contributed by atoms with van der Waals surface area (Å²) in [5.74, 6) is -0.289. The van der Waals surface area contributed by atoms with E-state index in [0.29, 0.717) is 0 Å². The molecule has 1 rings (SSSR count). The maximum atomic E-state index is 11.2. The summed E-state index contributed by atoms with van der Waals surface area (Å²) in [5.41, 5.74) is 0.207. The number of carbonyl (C=O) groups is 1. The molecular formula is C7H9N2O2S. The third kappa shape index (κ3) is 2.20. The van der Waals surface area contributed by atoms with Gasteiger partial charge in [-0.15, -0.1) is 0 Å². The fraction of sp³-hybridized carbons (Fsp3) is 0.429. The number of nitrogens with one attached hydrogen (secondary N) is 1. The van der Waals surface area contributed by atoms with Crippen molar-refractivity contribution in [3.63, 3.8) is 0 Å². The molecule has 1 heterocycles. The van der Waals surface area contributed by atoms with Gasteiger partial charge in [0.25, 0.3) is 11.0 Å². The van der Waals surface area contributed by atoms with Crippen LogP contribution in [0.5, 0.6) is 5.06 Å².